The Bertz CT molecular complexity index is 810. The van der Waals surface area contributed by atoms with E-state index in [2.05, 4.69) is 20.0 Å². The first-order valence-electron chi connectivity index (χ1n) is 7.67. The summed E-state index contributed by atoms with van der Waals surface area (Å²) in [5.74, 6) is 1.01. The molecule has 118 valence electrons. The Morgan fingerprint density at radius 1 is 1.13 bits per heavy atom. The van der Waals surface area contributed by atoms with E-state index in [1.165, 1.54) is 0 Å². The quantitative estimate of drug-likeness (QED) is 0.783. The molecule has 3 aromatic rings. The minimum absolute atomic E-state index is 0.262. The third-order valence-electron chi connectivity index (χ3n) is 3.98. The van der Waals surface area contributed by atoms with Crippen LogP contribution < -0.4 is 5.73 Å². The lowest BCUT2D eigenvalue weighted by Gasteiger charge is -2.26. The number of benzene rings is 1. The van der Waals surface area contributed by atoms with E-state index in [0.29, 0.717) is 0 Å². The maximum absolute atomic E-state index is 5.84. The van der Waals surface area contributed by atoms with Gasteiger partial charge in [0.25, 0.3) is 0 Å². The van der Waals surface area contributed by atoms with Gasteiger partial charge in [0.1, 0.15) is 0 Å². The lowest BCUT2D eigenvalue weighted by atomic mass is 10.2. The van der Waals surface area contributed by atoms with E-state index in [1.807, 2.05) is 36.5 Å². The third kappa shape index (κ3) is 2.76. The van der Waals surface area contributed by atoms with Gasteiger partial charge < -0.3 is 10.5 Å². The number of fused-ring (bicyclic) bond motifs is 1. The average molecular weight is 310 g/mol. The van der Waals surface area contributed by atoms with Crippen molar-refractivity contribution in [2.45, 2.75) is 6.54 Å². The molecule has 7 heteroatoms. The Labute approximate surface area is 133 Å². The van der Waals surface area contributed by atoms with Crippen molar-refractivity contribution >= 4 is 11.6 Å². The molecule has 0 atom stereocenters. The molecule has 0 amide bonds. The molecule has 2 aromatic heterocycles. The van der Waals surface area contributed by atoms with Gasteiger partial charge in [0.15, 0.2) is 11.5 Å². The van der Waals surface area contributed by atoms with Crippen LogP contribution in [0.15, 0.2) is 36.5 Å². The van der Waals surface area contributed by atoms with Gasteiger partial charge in [-0.25, -0.2) is 4.98 Å². The van der Waals surface area contributed by atoms with E-state index in [0.717, 1.165) is 55.4 Å². The minimum atomic E-state index is 0.262. The van der Waals surface area contributed by atoms with Crippen LogP contribution in [0.3, 0.4) is 0 Å². The summed E-state index contributed by atoms with van der Waals surface area (Å²) in [4.78, 5) is 11.3. The van der Waals surface area contributed by atoms with E-state index in [-0.39, 0.29) is 5.95 Å². The standard InChI is InChI=1S/C16H18N6O/c17-16-19-15-13(11-21-6-8-23-9-7-21)10-18-14(22(15)20-16)12-4-2-1-3-5-12/h1-5,10H,6-9,11H2,(H2,17,20). The SMILES string of the molecule is Nc1nc2c(CN3CCOCC3)cnc(-c3ccccc3)n2n1. The van der Waals surface area contributed by atoms with Crippen LogP contribution >= 0.6 is 0 Å². The van der Waals surface area contributed by atoms with Gasteiger partial charge >= 0.3 is 0 Å². The molecular weight excluding hydrogens is 292 g/mol. The molecule has 1 aliphatic rings. The number of nitrogen functional groups attached to an aromatic ring is 1. The van der Waals surface area contributed by atoms with Crippen molar-refractivity contribution in [1.29, 1.82) is 0 Å². The molecule has 3 heterocycles. The summed E-state index contributed by atoms with van der Waals surface area (Å²) in [7, 11) is 0. The van der Waals surface area contributed by atoms with E-state index in [9.17, 15) is 0 Å². The van der Waals surface area contributed by atoms with Crippen molar-refractivity contribution in [2.24, 2.45) is 0 Å². The van der Waals surface area contributed by atoms with Crippen molar-refractivity contribution in [1.82, 2.24) is 24.5 Å². The van der Waals surface area contributed by atoms with Crippen LogP contribution in [-0.4, -0.2) is 50.8 Å². The third-order valence-corrected chi connectivity index (χ3v) is 3.98. The second kappa shape index (κ2) is 5.94. The van der Waals surface area contributed by atoms with Crippen molar-refractivity contribution in [2.75, 3.05) is 32.0 Å². The van der Waals surface area contributed by atoms with Gasteiger partial charge in [-0.1, -0.05) is 30.3 Å². The number of hydrogen-bond donors (Lipinski definition) is 1. The molecular formula is C16H18N6O. The molecule has 23 heavy (non-hydrogen) atoms. The highest BCUT2D eigenvalue weighted by atomic mass is 16.5. The highest BCUT2D eigenvalue weighted by molar-refractivity contribution is 5.61. The minimum Gasteiger partial charge on any atom is -0.379 e. The van der Waals surface area contributed by atoms with Crippen molar-refractivity contribution < 1.29 is 4.74 Å². The van der Waals surface area contributed by atoms with Crippen molar-refractivity contribution in [3.05, 3.63) is 42.1 Å². The smallest absolute Gasteiger partial charge is 0.240 e. The Kier molecular flexibility index (Phi) is 3.64. The molecule has 0 unspecified atom stereocenters. The zero-order valence-corrected chi connectivity index (χ0v) is 12.7. The molecule has 1 aromatic carbocycles. The number of anilines is 1. The van der Waals surface area contributed by atoms with E-state index in [1.54, 1.807) is 4.52 Å². The van der Waals surface area contributed by atoms with Gasteiger partial charge in [-0.15, -0.1) is 5.10 Å². The van der Waals surface area contributed by atoms with Crippen LogP contribution in [0, 0.1) is 0 Å². The summed E-state index contributed by atoms with van der Waals surface area (Å²) in [6.45, 7) is 4.13. The van der Waals surface area contributed by atoms with Gasteiger partial charge in [0.05, 0.1) is 13.2 Å². The normalized spacial score (nSPS) is 16.0. The van der Waals surface area contributed by atoms with Crippen molar-refractivity contribution in [3.8, 4) is 11.4 Å². The van der Waals surface area contributed by atoms with E-state index >= 15 is 0 Å². The number of hydrogen-bond acceptors (Lipinski definition) is 6. The van der Waals surface area contributed by atoms with Crippen LogP contribution in [0.1, 0.15) is 5.56 Å². The zero-order chi connectivity index (χ0) is 15.6. The van der Waals surface area contributed by atoms with Gasteiger partial charge in [-0.05, 0) is 0 Å². The summed E-state index contributed by atoms with van der Waals surface area (Å²) in [5.41, 5.74) is 8.61. The van der Waals surface area contributed by atoms with Gasteiger partial charge in [-0.3, -0.25) is 4.90 Å². The number of ether oxygens (including phenoxy) is 1. The molecule has 2 N–H and O–H groups in total. The summed E-state index contributed by atoms with van der Waals surface area (Å²) >= 11 is 0. The average Bonchev–Trinajstić information content (AvgIpc) is 2.99. The molecule has 1 aliphatic heterocycles. The summed E-state index contributed by atoms with van der Waals surface area (Å²) in [6, 6.07) is 9.93. The largest absolute Gasteiger partial charge is 0.379 e. The summed E-state index contributed by atoms with van der Waals surface area (Å²) in [6.07, 6.45) is 1.88. The number of nitrogens with zero attached hydrogens (tertiary/aromatic N) is 5. The van der Waals surface area contributed by atoms with Crippen molar-refractivity contribution in [3.63, 3.8) is 0 Å². The summed E-state index contributed by atoms with van der Waals surface area (Å²) < 4.78 is 7.13. The van der Waals surface area contributed by atoms with E-state index in [4.69, 9.17) is 10.5 Å². The molecule has 1 fully saturated rings. The zero-order valence-electron chi connectivity index (χ0n) is 12.7. The van der Waals surface area contributed by atoms with Gasteiger partial charge in [0.2, 0.25) is 5.95 Å². The van der Waals surface area contributed by atoms with Crippen LogP contribution in [0.4, 0.5) is 5.95 Å². The molecule has 0 bridgehead atoms. The topological polar surface area (TPSA) is 81.6 Å². The molecule has 7 nitrogen and oxygen atoms in total. The second-order valence-corrected chi connectivity index (χ2v) is 5.57. The highest BCUT2D eigenvalue weighted by Crippen LogP contribution is 2.21. The predicted octanol–water partition coefficient (Wildman–Crippen LogP) is 1.21. The summed E-state index contributed by atoms with van der Waals surface area (Å²) in [5, 5.41) is 4.32. The fraction of sp³-hybridized carbons (Fsp3) is 0.312. The number of aromatic nitrogens is 4. The fourth-order valence-corrected chi connectivity index (χ4v) is 2.83. The van der Waals surface area contributed by atoms with Gasteiger partial charge in [0, 0.05) is 37.0 Å². The Hall–Kier alpha value is -2.51. The molecule has 4 rings (SSSR count). The van der Waals surface area contributed by atoms with Crippen LogP contribution in [0.25, 0.3) is 17.0 Å². The maximum Gasteiger partial charge on any atom is 0.240 e. The van der Waals surface area contributed by atoms with Crippen LogP contribution in [0.5, 0.6) is 0 Å². The number of nitrogens with two attached hydrogens (primary N) is 1. The van der Waals surface area contributed by atoms with Crippen LogP contribution in [-0.2, 0) is 11.3 Å². The number of rotatable bonds is 3. The molecule has 1 saturated heterocycles. The van der Waals surface area contributed by atoms with E-state index < -0.39 is 0 Å². The lowest BCUT2D eigenvalue weighted by molar-refractivity contribution is 0.0342. The highest BCUT2D eigenvalue weighted by Gasteiger charge is 2.17. The Morgan fingerprint density at radius 3 is 2.70 bits per heavy atom. The Morgan fingerprint density at radius 2 is 1.91 bits per heavy atom. The maximum atomic E-state index is 5.84. The Balaban J connectivity index is 1.76. The monoisotopic (exact) mass is 310 g/mol. The molecule has 0 radical (unpaired) electrons. The lowest BCUT2D eigenvalue weighted by Crippen LogP contribution is -2.35. The first-order valence-corrected chi connectivity index (χ1v) is 7.67. The number of morpholine rings is 1. The van der Waals surface area contributed by atoms with Crippen LogP contribution in [0.2, 0.25) is 0 Å². The molecule has 0 spiro atoms. The van der Waals surface area contributed by atoms with Gasteiger partial charge in [-0.2, -0.15) is 9.50 Å². The molecule has 0 saturated carbocycles. The first-order chi connectivity index (χ1) is 11.3. The second-order valence-electron chi connectivity index (χ2n) is 5.57. The first kappa shape index (κ1) is 14.1. The molecule has 0 aliphatic carbocycles. The predicted molar refractivity (Wildman–Crippen MR) is 86.7 cm³/mol. The fourth-order valence-electron chi connectivity index (χ4n) is 2.83.